The van der Waals surface area contributed by atoms with E-state index in [0.29, 0.717) is 24.7 Å². The summed E-state index contributed by atoms with van der Waals surface area (Å²) in [6.45, 7) is 0.565. The van der Waals surface area contributed by atoms with E-state index in [1.165, 1.54) is 0 Å². The molecular formula is C11H12N4O2. The van der Waals surface area contributed by atoms with E-state index in [1.54, 1.807) is 12.4 Å². The summed E-state index contributed by atoms with van der Waals surface area (Å²) in [6.07, 6.45) is 3.65. The molecule has 17 heavy (non-hydrogen) atoms. The lowest BCUT2D eigenvalue weighted by Crippen LogP contribution is -2.15. The van der Waals surface area contributed by atoms with Crippen LogP contribution >= 0.6 is 0 Å². The number of pyridine rings is 1. The van der Waals surface area contributed by atoms with Crippen molar-refractivity contribution in [3.63, 3.8) is 0 Å². The van der Waals surface area contributed by atoms with Gasteiger partial charge in [0.25, 0.3) is 0 Å². The van der Waals surface area contributed by atoms with Gasteiger partial charge in [0.05, 0.1) is 12.1 Å². The molecule has 6 heteroatoms. The van der Waals surface area contributed by atoms with Crippen LogP contribution in [0.4, 0.5) is 0 Å². The van der Waals surface area contributed by atoms with Gasteiger partial charge >= 0.3 is 0 Å². The van der Waals surface area contributed by atoms with Crippen molar-refractivity contribution in [2.24, 2.45) is 0 Å². The van der Waals surface area contributed by atoms with Crippen molar-refractivity contribution < 1.29 is 9.63 Å². The first-order valence-corrected chi connectivity index (χ1v) is 5.48. The Balaban J connectivity index is 1.84. The molecule has 2 aromatic heterocycles. The lowest BCUT2D eigenvalue weighted by molar-refractivity contribution is 0.191. The largest absolute Gasteiger partial charge is 0.392 e. The Morgan fingerprint density at radius 2 is 2.41 bits per heavy atom. The van der Waals surface area contributed by atoms with E-state index >= 15 is 0 Å². The van der Waals surface area contributed by atoms with Gasteiger partial charge in [0, 0.05) is 24.5 Å². The molecule has 0 aromatic carbocycles. The number of β-amino-alcohol motifs (C(OH)–C–C–N with tert-alkyl or cyclic N) is 1. The van der Waals surface area contributed by atoms with Gasteiger partial charge in [-0.25, -0.2) is 0 Å². The minimum absolute atomic E-state index is 0.0529. The molecule has 88 valence electrons. The van der Waals surface area contributed by atoms with Gasteiger partial charge in [0.15, 0.2) is 0 Å². The van der Waals surface area contributed by atoms with Crippen LogP contribution in [0.25, 0.3) is 11.4 Å². The average molecular weight is 232 g/mol. The van der Waals surface area contributed by atoms with Gasteiger partial charge < -0.3 is 14.9 Å². The normalized spacial score (nSPS) is 24.1. The fourth-order valence-electron chi connectivity index (χ4n) is 1.89. The van der Waals surface area contributed by atoms with E-state index in [4.69, 9.17) is 4.52 Å². The summed E-state index contributed by atoms with van der Waals surface area (Å²) in [6, 6.07) is 3.64. The number of nitrogens with zero attached hydrogens (tertiary/aromatic N) is 3. The topological polar surface area (TPSA) is 84.1 Å². The highest BCUT2D eigenvalue weighted by molar-refractivity contribution is 5.51. The van der Waals surface area contributed by atoms with Crippen LogP contribution in [0, 0.1) is 0 Å². The average Bonchev–Trinajstić information content (AvgIpc) is 2.98. The van der Waals surface area contributed by atoms with Crippen LogP contribution in [-0.4, -0.2) is 32.9 Å². The van der Waals surface area contributed by atoms with Crippen molar-refractivity contribution in [1.29, 1.82) is 0 Å². The Hall–Kier alpha value is -1.79. The van der Waals surface area contributed by atoms with Crippen molar-refractivity contribution in [2.45, 2.75) is 18.6 Å². The molecule has 0 saturated carbocycles. The molecule has 1 aliphatic rings. The SMILES string of the molecule is O[C@@H]1CN[C@@H](c2nc(-c3cccnc3)no2)C1. The highest BCUT2D eigenvalue weighted by Gasteiger charge is 2.28. The van der Waals surface area contributed by atoms with Gasteiger partial charge in [-0.05, 0) is 18.6 Å². The summed E-state index contributed by atoms with van der Waals surface area (Å²) in [4.78, 5) is 8.31. The Kier molecular flexibility index (Phi) is 2.58. The van der Waals surface area contributed by atoms with Crippen LogP contribution in [0.2, 0.25) is 0 Å². The van der Waals surface area contributed by atoms with Crippen molar-refractivity contribution in [1.82, 2.24) is 20.4 Å². The third-order valence-electron chi connectivity index (χ3n) is 2.77. The fraction of sp³-hybridized carbons (Fsp3) is 0.364. The van der Waals surface area contributed by atoms with Gasteiger partial charge in [-0.3, -0.25) is 4.98 Å². The van der Waals surface area contributed by atoms with E-state index in [-0.39, 0.29) is 12.1 Å². The summed E-state index contributed by atoms with van der Waals surface area (Å²) in [5.74, 6) is 1.04. The van der Waals surface area contributed by atoms with Gasteiger partial charge in [-0.1, -0.05) is 5.16 Å². The number of aliphatic hydroxyl groups is 1. The van der Waals surface area contributed by atoms with Crippen LogP contribution in [-0.2, 0) is 0 Å². The quantitative estimate of drug-likeness (QED) is 0.785. The molecule has 0 amide bonds. The maximum atomic E-state index is 9.42. The van der Waals surface area contributed by atoms with Crippen molar-refractivity contribution in [3.8, 4) is 11.4 Å². The number of aliphatic hydroxyl groups excluding tert-OH is 1. The van der Waals surface area contributed by atoms with E-state index in [0.717, 1.165) is 5.56 Å². The molecule has 3 rings (SSSR count). The molecule has 0 unspecified atom stereocenters. The number of hydrogen-bond acceptors (Lipinski definition) is 6. The molecule has 3 heterocycles. The highest BCUT2D eigenvalue weighted by Crippen LogP contribution is 2.24. The van der Waals surface area contributed by atoms with E-state index in [2.05, 4.69) is 20.4 Å². The fourth-order valence-corrected chi connectivity index (χ4v) is 1.89. The van der Waals surface area contributed by atoms with Crippen molar-refractivity contribution >= 4 is 0 Å². The second kappa shape index (κ2) is 4.23. The van der Waals surface area contributed by atoms with E-state index < -0.39 is 0 Å². The van der Waals surface area contributed by atoms with Gasteiger partial charge in [0.1, 0.15) is 0 Å². The van der Waals surface area contributed by atoms with Crippen molar-refractivity contribution in [2.75, 3.05) is 6.54 Å². The third-order valence-corrected chi connectivity index (χ3v) is 2.77. The molecule has 0 spiro atoms. The zero-order valence-corrected chi connectivity index (χ0v) is 9.08. The van der Waals surface area contributed by atoms with Gasteiger partial charge in [-0.2, -0.15) is 4.98 Å². The zero-order chi connectivity index (χ0) is 11.7. The number of nitrogens with one attached hydrogen (secondary N) is 1. The lowest BCUT2D eigenvalue weighted by atomic mass is 10.2. The highest BCUT2D eigenvalue weighted by atomic mass is 16.5. The number of rotatable bonds is 2. The molecule has 6 nitrogen and oxygen atoms in total. The molecule has 0 aliphatic carbocycles. The molecule has 2 aromatic rings. The standard InChI is InChI=1S/C11H12N4O2/c16-8-4-9(13-6-8)11-14-10(15-17-11)7-2-1-3-12-5-7/h1-3,5,8-9,13,16H,4,6H2/t8-,9+/m0/s1. The third kappa shape index (κ3) is 2.04. The smallest absolute Gasteiger partial charge is 0.244 e. The summed E-state index contributed by atoms with van der Waals surface area (Å²) in [5, 5.41) is 16.5. The van der Waals surface area contributed by atoms with Gasteiger partial charge in [0.2, 0.25) is 11.7 Å². The lowest BCUT2D eigenvalue weighted by Gasteiger charge is -2.01. The first kappa shape index (κ1) is 10.4. The Bertz CT molecular complexity index is 499. The predicted molar refractivity (Wildman–Crippen MR) is 58.9 cm³/mol. The predicted octanol–water partition coefficient (Wildman–Crippen LogP) is 0.527. The van der Waals surface area contributed by atoms with E-state index in [9.17, 15) is 5.11 Å². The Morgan fingerprint density at radius 1 is 1.47 bits per heavy atom. The minimum atomic E-state index is -0.339. The van der Waals surface area contributed by atoms with Crippen molar-refractivity contribution in [3.05, 3.63) is 30.4 Å². The van der Waals surface area contributed by atoms with Crippen LogP contribution in [0.3, 0.4) is 0 Å². The van der Waals surface area contributed by atoms with Crippen LogP contribution in [0.5, 0.6) is 0 Å². The number of aromatic nitrogens is 3. The molecule has 2 atom stereocenters. The molecular weight excluding hydrogens is 220 g/mol. The maximum Gasteiger partial charge on any atom is 0.244 e. The molecule has 2 N–H and O–H groups in total. The van der Waals surface area contributed by atoms with Gasteiger partial charge in [-0.15, -0.1) is 0 Å². The minimum Gasteiger partial charge on any atom is -0.392 e. The Labute approximate surface area is 97.7 Å². The second-order valence-electron chi connectivity index (χ2n) is 4.05. The van der Waals surface area contributed by atoms with Crippen LogP contribution < -0.4 is 5.32 Å². The van der Waals surface area contributed by atoms with E-state index in [1.807, 2.05) is 12.1 Å². The molecule has 1 saturated heterocycles. The molecule has 1 aliphatic heterocycles. The number of hydrogen-bond donors (Lipinski definition) is 2. The zero-order valence-electron chi connectivity index (χ0n) is 9.08. The van der Waals surface area contributed by atoms with Crippen LogP contribution in [0.1, 0.15) is 18.4 Å². The molecule has 1 fully saturated rings. The maximum absolute atomic E-state index is 9.42. The summed E-state index contributed by atoms with van der Waals surface area (Å²) in [5.41, 5.74) is 0.820. The first-order chi connectivity index (χ1) is 8.33. The first-order valence-electron chi connectivity index (χ1n) is 5.48. The molecule has 0 radical (unpaired) electrons. The second-order valence-corrected chi connectivity index (χ2v) is 4.05. The summed E-state index contributed by atoms with van der Waals surface area (Å²) in [7, 11) is 0. The van der Waals surface area contributed by atoms with Crippen LogP contribution in [0.15, 0.2) is 29.0 Å². The molecule has 0 bridgehead atoms. The summed E-state index contributed by atoms with van der Waals surface area (Å²) < 4.78 is 5.19. The summed E-state index contributed by atoms with van der Waals surface area (Å²) >= 11 is 0. The monoisotopic (exact) mass is 232 g/mol. The Morgan fingerprint density at radius 3 is 3.12 bits per heavy atom.